The fourth-order valence-corrected chi connectivity index (χ4v) is 3.39. The molecule has 0 unspecified atom stereocenters. The van der Waals surface area contributed by atoms with Crippen LogP contribution in [0.3, 0.4) is 0 Å². The SMILES string of the molecule is CCCCCCCCCCCCCCCNc1ccc(C(=O)O)c(C(=O)O)c1.[H-].[H-].[Na+].[Na+]. The summed E-state index contributed by atoms with van der Waals surface area (Å²) in [6, 6.07) is 4.37. The molecule has 1 aromatic rings. The Balaban J connectivity index is -0.000000980. The molecule has 0 amide bonds. The van der Waals surface area contributed by atoms with Crippen molar-refractivity contribution in [3.05, 3.63) is 29.3 Å². The van der Waals surface area contributed by atoms with Crippen LogP contribution in [-0.4, -0.2) is 28.7 Å². The zero-order valence-corrected chi connectivity index (χ0v) is 23.3. The largest absolute Gasteiger partial charge is 1.00 e. The number of rotatable bonds is 17. The topological polar surface area (TPSA) is 86.6 Å². The molecule has 0 radical (unpaired) electrons. The van der Waals surface area contributed by atoms with Crippen LogP contribution >= 0.6 is 0 Å². The maximum Gasteiger partial charge on any atom is 1.00 e. The third kappa shape index (κ3) is 14.9. The first kappa shape index (κ1) is 32.1. The predicted molar refractivity (Wildman–Crippen MR) is 117 cm³/mol. The summed E-state index contributed by atoms with van der Waals surface area (Å²) in [4.78, 5) is 22.2. The van der Waals surface area contributed by atoms with Crippen LogP contribution in [0.5, 0.6) is 0 Å². The van der Waals surface area contributed by atoms with Gasteiger partial charge >= 0.3 is 71.1 Å². The molecule has 0 bridgehead atoms. The number of carboxylic acids is 2. The molecular formula is C23H39NNa2O4. The number of anilines is 1. The molecule has 0 aliphatic rings. The molecule has 0 spiro atoms. The summed E-state index contributed by atoms with van der Waals surface area (Å²) < 4.78 is 0. The van der Waals surface area contributed by atoms with Gasteiger partial charge in [-0.25, -0.2) is 9.59 Å². The van der Waals surface area contributed by atoms with Gasteiger partial charge in [0.2, 0.25) is 0 Å². The molecule has 0 fully saturated rings. The third-order valence-electron chi connectivity index (χ3n) is 5.09. The van der Waals surface area contributed by atoms with Crippen molar-refractivity contribution in [1.82, 2.24) is 0 Å². The van der Waals surface area contributed by atoms with Crippen LogP contribution in [0.25, 0.3) is 0 Å². The number of hydrogen-bond acceptors (Lipinski definition) is 3. The van der Waals surface area contributed by atoms with E-state index in [1.165, 1.54) is 82.8 Å². The van der Waals surface area contributed by atoms with Crippen molar-refractivity contribution in [2.75, 3.05) is 11.9 Å². The zero-order chi connectivity index (χ0) is 20.6. The summed E-state index contributed by atoms with van der Waals surface area (Å²) in [5.74, 6) is -2.44. The fourth-order valence-electron chi connectivity index (χ4n) is 3.39. The Morgan fingerprint density at radius 3 is 1.60 bits per heavy atom. The molecule has 0 saturated carbocycles. The number of carbonyl (C=O) groups is 2. The molecule has 0 aromatic heterocycles. The molecule has 0 heterocycles. The predicted octanol–water partition coefficient (Wildman–Crippen LogP) is 0.819. The van der Waals surface area contributed by atoms with Gasteiger partial charge in [-0.05, 0) is 24.6 Å². The standard InChI is InChI=1S/C23H37NO4.2Na.2H/c1-2-3-4-5-6-7-8-9-10-11-12-13-14-17-24-19-15-16-20(22(25)26)21(18-19)23(27)28;;;;/h15-16,18,24H,2-14,17H2,1H3,(H,25,26)(H,27,28);;;;/q;2*+1;2*-1. The van der Waals surface area contributed by atoms with E-state index in [4.69, 9.17) is 10.2 Å². The molecular weight excluding hydrogens is 400 g/mol. The van der Waals surface area contributed by atoms with Crippen LogP contribution in [-0.2, 0) is 0 Å². The van der Waals surface area contributed by atoms with Crippen LogP contribution in [0.15, 0.2) is 18.2 Å². The minimum Gasteiger partial charge on any atom is -1.00 e. The van der Waals surface area contributed by atoms with Crippen molar-refractivity contribution in [3.8, 4) is 0 Å². The molecule has 3 N–H and O–H groups in total. The van der Waals surface area contributed by atoms with Crippen LogP contribution in [0.4, 0.5) is 5.69 Å². The molecule has 0 atom stereocenters. The van der Waals surface area contributed by atoms with Crippen LogP contribution in [0.2, 0.25) is 0 Å². The van der Waals surface area contributed by atoms with Gasteiger partial charge in [0.15, 0.2) is 0 Å². The van der Waals surface area contributed by atoms with E-state index in [0.717, 1.165) is 19.4 Å². The van der Waals surface area contributed by atoms with Gasteiger partial charge in [-0.2, -0.15) is 0 Å². The first-order valence-electron chi connectivity index (χ1n) is 10.9. The molecule has 162 valence electrons. The second-order valence-corrected chi connectivity index (χ2v) is 7.54. The van der Waals surface area contributed by atoms with Crippen LogP contribution in [0, 0.1) is 0 Å². The van der Waals surface area contributed by atoms with Gasteiger partial charge < -0.3 is 18.4 Å². The van der Waals surface area contributed by atoms with Crippen LogP contribution in [0.1, 0.15) is 114 Å². The summed E-state index contributed by atoms with van der Waals surface area (Å²) in [7, 11) is 0. The van der Waals surface area contributed by atoms with Gasteiger partial charge in [0.05, 0.1) is 11.1 Å². The second kappa shape index (κ2) is 20.8. The molecule has 7 heteroatoms. The van der Waals surface area contributed by atoms with Crippen molar-refractivity contribution in [2.45, 2.75) is 90.4 Å². The van der Waals surface area contributed by atoms with E-state index in [-0.39, 0.29) is 73.1 Å². The quantitative estimate of drug-likeness (QED) is 0.247. The van der Waals surface area contributed by atoms with Gasteiger partial charge in [0.25, 0.3) is 0 Å². The number of benzene rings is 1. The average molecular weight is 440 g/mol. The fraction of sp³-hybridized carbons (Fsp3) is 0.652. The van der Waals surface area contributed by atoms with Crippen molar-refractivity contribution in [3.63, 3.8) is 0 Å². The molecule has 30 heavy (non-hydrogen) atoms. The summed E-state index contributed by atoms with van der Waals surface area (Å²) in [6.45, 7) is 3.02. The first-order chi connectivity index (χ1) is 13.6. The number of carboxylic acid groups (broad SMARTS) is 2. The van der Waals surface area contributed by atoms with E-state index in [1.54, 1.807) is 6.07 Å². The maximum atomic E-state index is 11.2. The number of unbranched alkanes of at least 4 members (excludes halogenated alkanes) is 12. The van der Waals surface area contributed by atoms with Crippen molar-refractivity contribution < 1.29 is 81.8 Å². The van der Waals surface area contributed by atoms with Gasteiger partial charge in [0, 0.05) is 12.2 Å². The van der Waals surface area contributed by atoms with E-state index < -0.39 is 11.9 Å². The summed E-state index contributed by atoms with van der Waals surface area (Å²) in [5.41, 5.74) is 0.295. The summed E-state index contributed by atoms with van der Waals surface area (Å²) in [6.07, 6.45) is 17.0. The first-order valence-corrected chi connectivity index (χ1v) is 10.9. The van der Waals surface area contributed by atoms with E-state index in [9.17, 15) is 9.59 Å². The maximum absolute atomic E-state index is 11.2. The van der Waals surface area contributed by atoms with Gasteiger partial charge in [-0.15, -0.1) is 0 Å². The number of hydrogen-bond donors (Lipinski definition) is 3. The smallest absolute Gasteiger partial charge is 1.00 e. The Bertz CT molecular complexity index is 607. The molecule has 0 saturated heterocycles. The van der Waals surface area contributed by atoms with Crippen molar-refractivity contribution in [1.29, 1.82) is 0 Å². The van der Waals surface area contributed by atoms with Gasteiger partial charge in [-0.3, -0.25) is 0 Å². The second-order valence-electron chi connectivity index (χ2n) is 7.54. The van der Waals surface area contributed by atoms with E-state index in [1.807, 2.05) is 0 Å². The van der Waals surface area contributed by atoms with E-state index in [0.29, 0.717) is 5.69 Å². The molecule has 1 aromatic carbocycles. The van der Waals surface area contributed by atoms with Crippen molar-refractivity contribution in [2.24, 2.45) is 0 Å². The Labute approximate surface area is 229 Å². The minimum absolute atomic E-state index is 0. The molecule has 0 aliphatic carbocycles. The Morgan fingerprint density at radius 2 is 1.17 bits per heavy atom. The Kier molecular flexibility index (Phi) is 22.3. The summed E-state index contributed by atoms with van der Waals surface area (Å²) >= 11 is 0. The minimum atomic E-state index is -1.22. The number of aromatic carboxylic acids is 2. The molecule has 0 aliphatic heterocycles. The van der Waals surface area contributed by atoms with E-state index in [2.05, 4.69) is 12.2 Å². The Morgan fingerprint density at radius 1 is 0.733 bits per heavy atom. The monoisotopic (exact) mass is 439 g/mol. The van der Waals surface area contributed by atoms with Crippen LogP contribution < -0.4 is 64.4 Å². The summed E-state index contributed by atoms with van der Waals surface area (Å²) in [5, 5.41) is 21.4. The number of nitrogens with one attached hydrogen (secondary N) is 1. The normalized spacial score (nSPS) is 10.0. The van der Waals surface area contributed by atoms with Crippen molar-refractivity contribution >= 4 is 17.6 Å². The zero-order valence-electron chi connectivity index (χ0n) is 21.3. The van der Waals surface area contributed by atoms with E-state index >= 15 is 0 Å². The average Bonchev–Trinajstić information content (AvgIpc) is 2.68. The third-order valence-corrected chi connectivity index (χ3v) is 5.09. The van der Waals surface area contributed by atoms with Gasteiger partial charge in [-0.1, -0.05) is 84.0 Å². The molecule has 5 nitrogen and oxygen atoms in total. The van der Waals surface area contributed by atoms with Gasteiger partial charge in [0.1, 0.15) is 0 Å². The Hall–Kier alpha value is -0.0400. The molecule has 1 rings (SSSR count).